The second-order valence-corrected chi connectivity index (χ2v) is 8.16. The number of likely N-dealkylation sites (tertiary alicyclic amines) is 1. The summed E-state index contributed by atoms with van der Waals surface area (Å²) in [5.74, 6) is -0.928. The minimum absolute atomic E-state index is 0.0833. The summed E-state index contributed by atoms with van der Waals surface area (Å²) >= 11 is 5.89. The first kappa shape index (κ1) is 21.1. The molecule has 160 valence electrons. The lowest BCUT2D eigenvalue weighted by molar-refractivity contribution is -0.151. The zero-order valence-corrected chi connectivity index (χ0v) is 17.8. The third-order valence-corrected chi connectivity index (χ3v) is 5.61. The van der Waals surface area contributed by atoms with E-state index in [1.165, 1.54) is 10.5 Å². The first-order chi connectivity index (χ1) is 14.9. The highest BCUT2D eigenvalue weighted by molar-refractivity contribution is 6.30. The van der Waals surface area contributed by atoms with Crippen molar-refractivity contribution in [1.82, 2.24) is 14.3 Å². The summed E-state index contributed by atoms with van der Waals surface area (Å²) < 4.78 is 6.90. The van der Waals surface area contributed by atoms with Crippen molar-refractivity contribution in [3.63, 3.8) is 0 Å². The molecule has 4 rings (SSSR count). The second-order valence-electron chi connectivity index (χ2n) is 7.73. The van der Waals surface area contributed by atoms with Gasteiger partial charge in [0.2, 0.25) is 0 Å². The van der Waals surface area contributed by atoms with E-state index in [0.717, 1.165) is 5.56 Å². The van der Waals surface area contributed by atoms with Crippen molar-refractivity contribution < 1.29 is 14.3 Å². The molecule has 2 aromatic heterocycles. The Morgan fingerprint density at radius 2 is 1.97 bits per heavy atom. The van der Waals surface area contributed by atoms with Gasteiger partial charge in [-0.25, -0.2) is 4.98 Å². The van der Waals surface area contributed by atoms with Gasteiger partial charge in [0.05, 0.1) is 11.6 Å². The maximum atomic E-state index is 12.7. The number of halogens is 1. The van der Waals surface area contributed by atoms with E-state index in [0.29, 0.717) is 47.9 Å². The fraction of sp³-hybridized carbons (Fsp3) is 0.304. The summed E-state index contributed by atoms with van der Waals surface area (Å²) in [6.45, 7) is 2.70. The van der Waals surface area contributed by atoms with E-state index >= 15 is 0 Å². The summed E-state index contributed by atoms with van der Waals surface area (Å²) in [7, 11) is 0. The smallest absolute Gasteiger partial charge is 0.311 e. The maximum absolute atomic E-state index is 12.7. The van der Waals surface area contributed by atoms with Gasteiger partial charge in [0, 0.05) is 35.9 Å². The van der Waals surface area contributed by atoms with Gasteiger partial charge in [-0.1, -0.05) is 17.7 Å². The molecule has 31 heavy (non-hydrogen) atoms. The van der Waals surface area contributed by atoms with Crippen LogP contribution >= 0.6 is 11.6 Å². The van der Waals surface area contributed by atoms with Crippen molar-refractivity contribution in [3.8, 4) is 0 Å². The van der Waals surface area contributed by atoms with Crippen LogP contribution in [-0.4, -0.2) is 39.3 Å². The van der Waals surface area contributed by atoms with Crippen LogP contribution < -0.4 is 5.56 Å². The highest BCUT2D eigenvalue weighted by Gasteiger charge is 2.30. The van der Waals surface area contributed by atoms with Gasteiger partial charge in [-0.15, -0.1) is 0 Å². The lowest BCUT2D eigenvalue weighted by Crippen LogP contribution is -2.42. The molecule has 1 fully saturated rings. The van der Waals surface area contributed by atoms with Gasteiger partial charge < -0.3 is 9.64 Å². The molecule has 0 aliphatic carbocycles. The number of fused-ring (bicyclic) bond motifs is 1. The number of piperidine rings is 1. The van der Waals surface area contributed by atoms with Crippen LogP contribution in [0.5, 0.6) is 0 Å². The highest BCUT2D eigenvalue weighted by Crippen LogP contribution is 2.21. The van der Waals surface area contributed by atoms with Gasteiger partial charge in [-0.3, -0.25) is 18.8 Å². The van der Waals surface area contributed by atoms with Crippen molar-refractivity contribution in [2.24, 2.45) is 5.92 Å². The van der Waals surface area contributed by atoms with Crippen molar-refractivity contribution in [2.45, 2.75) is 26.4 Å². The van der Waals surface area contributed by atoms with Crippen molar-refractivity contribution in [2.75, 3.05) is 13.1 Å². The van der Waals surface area contributed by atoms with Gasteiger partial charge in [0.25, 0.3) is 11.5 Å². The van der Waals surface area contributed by atoms with Crippen LogP contribution in [-0.2, 0) is 16.1 Å². The zero-order valence-electron chi connectivity index (χ0n) is 17.1. The zero-order chi connectivity index (χ0) is 22.0. The summed E-state index contributed by atoms with van der Waals surface area (Å²) in [5.41, 5.74) is 2.16. The highest BCUT2D eigenvalue weighted by atomic mass is 35.5. The molecule has 0 radical (unpaired) electrons. The molecule has 1 aromatic carbocycles. The Balaban J connectivity index is 1.40. The number of carbonyl (C=O) groups is 2. The quantitative estimate of drug-likeness (QED) is 0.583. The van der Waals surface area contributed by atoms with E-state index in [1.807, 2.05) is 13.0 Å². The number of aromatic nitrogens is 2. The van der Waals surface area contributed by atoms with E-state index < -0.39 is 5.92 Å². The van der Waals surface area contributed by atoms with Crippen LogP contribution in [0.1, 0.15) is 34.5 Å². The average Bonchev–Trinajstić information content (AvgIpc) is 2.78. The van der Waals surface area contributed by atoms with E-state index in [1.54, 1.807) is 41.4 Å². The first-order valence-corrected chi connectivity index (χ1v) is 10.5. The Kier molecular flexibility index (Phi) is 6.04. The van der Waals surface area contributed by atoms with E-state index in [2.05, 4.69) is 4.98 Å². The number of ether oxygens (including phenoxy) is 1. The van der Waals surface area contributed by atoms with Gasteiger partial charge in [-0.2, -0.15) is 0 Å². The summed E-state index contributed by atoms with van der Waals surface area (Å²) in [5, 5.41) is 0.564. The Hall–Kier alpha value is -3.19. The SMILES string of the molecule is Cc1ccc2nc(COC(=O)[C@@H]3CCCN(C(=O)c4ccc(Cl)cc4)C3)cc(=O)n2c1. The van der Waals surface area contributed by atoms with Crippen LogP contribution in [0, 0.1) is 12.8 Å². The molecule has 1 aliphatic rings. The first-order valence-electron chi connectivity index (χ1n) is 10.1. The second kappa shape index (κ2) is 8.89. The molecular weight excluding hydrogens is 418 g/mol. The molecule has 1 aliphatic heterocycles. The molecule has 0 saturated carbocycles. The summed E-state index contributed by atoms with van der Waals surface area (Å²) in [6.07, 6.45) is 3.08. The van der Waals surface area contributed by atoms with Gasteiger partial charge in [0.15, 0.2) is 0 Å². The van der Waals surface area contributed by atoms with E-state index in [9.17, 15) is 14.4 Å². The maximum Gasteiger partial charge on any atom is 0.311 e. The Morgan fingerprint density at radius 3 is 2.74 bits per heavy atom. The number of esters is 1. The van der Waals surface area contributed by atoms with Crippen LogP contribution in [0.15, 0.2) is 53.5 Å². The molecule has 0 unspecified atom stereocenters. The van der Waals surface area contributed by atoms with E-state index in [-0.39, 0.29) is 24.0 Å². The number of aryl methyl sites for hydroxylation is 1. The van der Waals surface area contributed by atoms with Crippen molar-refractivity contribution >= 4 is 29.1 Å². The molecular formula is C23H22ClN3O4. The Labute approximate surface area is 184 Å². The number of hydrogen-bond acceptors (Lipinski definition) is 5. The van der Waals surface area contributed by atoms with Crippen LogP contribution in [0.25, 0.3) is 5.65 Å². The van der Waals surface area contributed by atoms with Crippen LogP contribution in [0.2, 0.25) is 5.02 Å². The molecule has 1 amide bonds. The predicted octanol–water partition coefficient (Wildman–Crippen LogP) is 3.25. The monoisotopic (exact) mass is 439 g/mol. The molecule has 0 bridgehead atoms. The fourth-order valence-electron chi connectivity index (χ4n) is 3.72. The molecule has 3 heterocycles. The summed E-state index contributed by atoms with van der Waals surface area (Å²) in [6, 6.07) is 11.7. The number of nitrogens with zero attached hydrogens (tertiary/aromatic N) is 3. The third-order valence-electron chi connectivity index (χ3n) is 5.36. The normalized spacial score (nSPS) is 16.3. The summed E-state index contributed by atoms with van der Waals surface area (Å²) in [4.78, 5) is 43.7. The van der Waals surface area contributed by atoms with Gasteiger partial charge in [-0.05, 0) is 55.7 Å². The Morgan fingerprint density at radius 1 is 1.19 bits per heavy atom. The molecule has 8 heteroatoms. The predicted molar refractivity (Wildman–Crippen MR) is 116 cm³/mol. The van der Waals surface area contributed by atoms with Crippen LogP contribution in [0.4, 0.5) is 0 Å². The number of carbonyl (C=O) groups excluding carboxylic acids is 2. The standard InChI is InChI=1S/C23H22ClN3O4/c1-15-4-9-20-25-19(11-21(28)27(20)12-15)14-31-23(30)17-3-2-10-26(13-17)22(29)16-5-7-18(24)8-6-16/h4-9,11-12,17H,2-3,10,13-14H2,1H3/t17-/m1/s1. The van der Waals surface area contributed by atoms with Crippen LogP contribution in [0.3, 0.4) is 0 Å². The molecule has 1 atom stereocenters. The molecule has 3 aromatic rings. The van der Waals surface area contributed by atoms with Gasteiger partial charge in [0.1, 0.15) is 12.3 Å². The van der Waals surface area contributed by atoms with E-state index in [4.69, 9.17) is 16.3 Å². The molecule has 1 saturated heterocycles. The van der Waals surface area contributed by atoms with Crippen molar-refractivity contribution in [1.29, 1.82) is 0 Å². The lowest BCUT2D eigenvalue weighted by Gasteiger charge is -2.31. The molecule has 0 spiro atoms. The van der Waals surface area contributed by atoms with Crippen molar-refractivity contribution in [3.05, 3.63) is 80.9 Å². The minimum Gasteiger partial charge on any atom is -0.459 e. The number of rotatable bonds is 4. The molecule has 0 N–H and O–H groups in total. The lowest BCUT2D eigenvalue weighted by atomic mass is 9.97. The average molecular weight is 440 g/mol. The minimum atomic E-state index is -0.408. The Bertz CT molecular complexity index is 1190. The third kappa shape index (κ3) is 4.77. The number of hydrogen-bond donors (Lipinski definition) is 0. The topological polar surface area (TPSA) is 81.0 Å². The van der Waals surface area contributed by atoms with Gasteiger partial charge >= 0.3 is 5.97 Å². The number of pyridine rings is 1. The number of amides is 1. The number of benzene rings is 1. The fourth-order valence-corrected chi connectivity index (χ4v) is 3.85. The molecule has 7 nitrogen and oxygen atoms in total. The largest absolute Gasteiger partial charge is 0.459 e.